The van der Waals surface area contributed by atoms with Crippen LogP contribution in [-0.2, 0) is 26.3 Å². The molecule has 0 aliphatic heterocycles. The summed E-state index contributed by atoms with van der Waals surface area (Å²) in [5.41, 5.74) is 3.08. The van der Waals surface area contributed by atoms with Crippen LogP contribution in [0.4, 0.5) is 0 Å². The van der Waals surface area contributed by atoms with Crippen molar-refractivity contribution in [3.05, 3.63) is 53.6 Å². The minimum Gasteiger partial charge on any atom is -0.338 e. The van der Waals surface area contributed by atoms with E-state index in [4.69, 9.17) is 0 Å². The Balaban J connectivity index is 1.74. The molecule has 1 heterocycles. The highest BCUT2D eigenvalue weighted by Crippen LogP contribution is 2.28. The predicted molar refractivity (Wildman–Crippen MR) is 86.3 cm³/mol. The van der Waals surface area contributed by atoms with Crippen molar-refractivity contribution in [3.63, 3.8) is 0 Å². The number of rotatable bonds is 5. The first-order valence-electron chi connectivity index (χ1n) is 8.04. The Kier molecular flexibility index (Phi) is 4.39. The zero-order chi connectivity index (χ0) is 14.7. The van der Waals surface area contributed by atoms with Gasteiger partial charge in [-0.2, -0.15) is 0 Å². The van der Waals surface area contributed by atoms with Gasteiger partial charge in [0.1, 0.15) is 5.82 Å². The SMILES string of the molecule is CCNC(Cc1nccn1C)C1CCc2ccccc2C1. The van der Waals surface area contributed by atoms with Crippen LogP contribution in [0.3, 0.4) is 0 Å². The molecule has 1 aromatic heterocycles. The first-order chi connectivity index (χ1) is 10.3. The second-order valence-corrected chi connectivity index (χ2v) is 6.09. The second kappa shape index (κ2) is 6.44. The van der Waals surface area contributed by atoms with E-state index in [0.717, 1.165) is 13.0 Å². The maximum Gasteiger partial charge on any atom is 0.109 e. The number of imidazole rings is 1. The maximum atomic E-state index is 4.50. The van der Waals surface area contributed by atoms with Gasteiger partial charge >= 0.3 is 0 Å². The molecule has 112 valence electrons. The summed E-state index contributed by atoms with van der Waals surface area (Å²) < 4.78 is 2.14. The Bertz CT molecular complexity index is 588. The quantitative estimate of drug-likeness (QED) is 0.914. The van der Waals surface area contributed by atoms with Gasteiger partial charge in [0, 0.05) is 31.9 Å². The fourth-order valence-electron chi connectivity index (χ4n) is 3.53. The van der Waals surface area contributed by atoms with E-state index in [1.807, 2.05) is 12.4 Å². The van der Waals surface area contributed by atoms with Crippen molar-refractivity contribution in [2.45, 2.75) is 38.6 Å². The topological polar surface area (TPSA) is 29.9 Å². The minimum atomic E-state index is 0.518. The summed E-state index contributed by atoms with van der Waals surface area (Å²) in [5.74, 6) is 1.89. The van der Waals surface area contributed by atoms with Gasteiger partial charge in [0.25, 0.3) is 0 Å². The number of hydrogen-bond acceptors (Lipinski definition) is 2. The third kappa shape index (κ3) is 3.18. The number of aromatic nitrogens is 2. The molecule has 3 rings (SSSR count). The maximum absolute atomic E-state index is 4.50. The van der Waals surface area contributed by atoms with Gasteiger partial charge in [-0.15, -0.1) is 0 Å². The van der Waals surface area contributed by atoms with Crippen LogP contribution in [0, 0.1) is 5.92 Å². The van der Waals surface area contributed by atoms with Crippen LogP contribution >= 0.6 is 0 Å². The van der Waals surface area contributed by atoms with Crippen LogP contribution in [0.1, 0.15) is 30.3 Å². The molecular formula is C18H25N3. The standard InChI is InChI=1S/C18H25N3/c1-3-19-17(13-18-20-10-11-21(18)2)16-9-8-14-6-4-5-7-15(14)12-16/h4-7,10-11,16-17,19H,3,8-9,12-13H2,1-2H3. The summed E-state index contributed by atoms with van der Waals surface area (Å²) in [6, 6.07) is 9.43. The largest absolute Gasteiger partial charge is 0.338 e. The number of nitrogens with one attached hydrogen (secondary N) is 1. The molecule has 0 bridgehead atoms. The molecule has 0 radical (unpaired) electrons. The molecule has 21 heavy (non-hydrogen) atoms. The molecule has 3 nitrogen and oxygen atoms in total. The summed E-state index contributed by atoms with van der Waals surface area (Å²) in [5, 5.41) is 3.70. The normalized spacial score (nSPS) is 19.2. The number of benzene rings is 1. The zero-order valence-electron chi connectivity index (χ0n) is 13.0. The van der Waals surface area contributed by atoms with Gasteiger partial charge in [0.15, 0.2) is 0 Å². The number of nitrogens with zero attached hydrogens (tertiary/aromatic N) is 2. The van der Waals surface area contributed by atoms with Crippen molar-refractivity contribution in [2.24, 2.45) is 13.0 Å². The summed E-state index contributed by atoms with van der Waals surface area (Å²) in [6.45, 7) is 3.22. The highest BCUT2D eigenvalue weighted by molar-refractivity contribution is 5.30. The average molecular weight is 283 g/mol. The third-order valence-corrected chi connectivity index (χ3v) is 4.74. The Labute approximate surface area is 127 Å². The molecule has 2 atom stereocenters. The van der Waals surface area contributed by atoms with Crippen molar-refractivity contribution in [3.8, 4) is 0 Å². The summed E-state index contributed by atoms with van der Waals surface area (Å²) >= 11 is 0. The highest BCUT2D eigenvalue weighted by atomic mass is 15.0. The lowest BCUT2D eigenvalue weighted by atomic mass is 9.79. The number of fused-ring (bicyclic) bond motifs is 1. The van der Waals surface area contributed by atoms with Gasteiger partial charge in [0.2, 0.25) is 0 Å². The van der Waals surface area contributed by atoms with E-state index in [1.165, 1.54) is 30.7 Å². The Morgan fingerprint density at radius 2 is 2.14 bits per heavy atom. The summed E-state index contributed by atoms with van der Waals surface area (Å²) in [7, 11) is 2.08. The number of hydrogen-bond donors (Lipinski definition) is 1. The van der Waals surface area contributed by atoms with E-state index < -0.39 is 0 Å². The van der Waals surface area contributed by atoms with Crippen molar-refractivity contribution < 1.29 is 0 Å². The molecule has 0 saturated heterocycles. The van der Waals surface area contributed by atoms with Crippen LogP contribution in [0.2, 0.25) is 0 Å². The van der Waals surface area contributed by atoms with E-state index in [1.54, 1.807) is 5.56 Å². The van der Waals surface area contributed by atoms with E-state index in [9.17, 15) is 0 Å². The minimum absolute atomic E-state index is 0.518. The predicted octanol–water partition coefficient (Wildman–Crippen LogP) is 2.75. The smallest absolute Gasteiger partial charge is 0.109 e. The number of likely N-dealkylation sites (N-methyl/N-ethyl adjacent to an activating group) is 1. The van der Waals surface area contributed by atoms with Crippen LogP contribution in [0.5, 0.6) is 0 Å². The van der Waals surface area contributed by atoms with E-state index in [0.29, 0.717) is 12.0 Å². The molecule has 0 saturated carbocycles. The van der Waals surface area contributed by atoms with Gasteiger partial charge < -0.3 is 9.88 Å². The fourth-order valence-corrected chi connectivity index (χ4v) is 3.53. The molecule has 2 aromatic rings. The van der Waals surface area contributed by atoms with Gasteiger partial charge in [-0.25, -0.2) is 4.98 Å². The molecule has 1 N–H and O–H groups in total. The van der Waals surface area contributed by atoms with Crippen LogP contribution in [0.15, 0.2) is 36.7 Å². The second-order valence-electron chi connectivity index (χ2n) is 6.09. The van der Waals surface area contributed by atoms with E-state index in [2.05, 4.69) is 53.1 Å². The van der Waals surface area contributed by atoms with E-state index >= 15 is 0 Å². The Hall–Kier alpha value is -1.61. The van der Waals surface area contributed by atoms with Crippen molar-refractivity contribution in [1.82, 2.24) is 14.9 Å². The Morgan fingerprint density at radius 3 is 2.86 bits per heavy atom. The molecule has 0 spiro atoms. The molecule has 1 aromatic carbocycles. The van der Waals surface area contributed by atoms with Crippen molar-refractivity contribution in [1.29, 1.82) is 0 Å². The average Bonchev–Trinajstić information content (AvgIpc) is 2.91. The molecule has 0 amide bonds. The fraction of sp³-hybridized carbons (Fsp3) is 0.500. The monoisotopic (exact) mass is 283 g/mol. The first kappa shape index (κ1) is 14.3. The molecule has 0 fully saturated rings. The zero-order valence-corrected chi connectivity index (χ0v) is 13.0. The summed E-state index contributed by atoms with van der Waals surface area (Å²) in [6.07, 6.45) is 8.63. The van der Waals surface area contributed by atoms with Crippen molar-refractivity contribution >= 4 is 0 Å². The number of aryl methyl sites for hydroxylation is 2. The van der Waals surface area contributed by atoms with Gasteiger partial charge in [-0.3, -0.25) is 0 Å². The third-order valence-electron chi connectivity index (χ3n) is 4.74. The van der Waals surface area contributed by atoms with E-state index in [-0.39, 0.29) is 0 Å². The molecule has 1 aliphatic carbocycles. The lowest BCUT2D eigenvalue weighted by Crippen LogP contribution is -2.41. The van der Waals surface area contributed by atoms with Gasteiger partial charge in [-0.05, 0) is 42.9 Å². The molecule has 1 aliphatic rings. The van der Waals surface area contributed by atoms with Crippen LogP contribution in [-0.4, -0.2) is 22.1 Å². The molecule has 2 unspecified atom stereocenters. The van der Waals surface area contributed by atoms with Crippen LogP contribution < -0.4 is 5.32 Å². The summed E-state index contributed by atoms with van der Waals surface area (Å²) in [4.78, 5) is 4.50. The van der Waals surface area contributed by atoms with Gasteiger partial charge in [-0.1, -0.05) is 31.2 Å². The van der Waals surface area contributed by atoms with Crippen LogP contribution in [0.25, 0.3) is 0 Å². The highest BCUT2D eigenvalue weighted by Gasteiger charge is 2.26. The molecule has 3 heteroatoms. The first-order valence-corrected chi connectivity index (χ1v) is 8.04. The van der Waals surface area contributed by atoms with Crippen molar-refractivity contribution in [2.75, 3.05) is 6.54 Å². The van der Waals surface area contributed by atoms with Gasteiger partial charge in [0.05, 0.1) is 0 Å². The molecular weight excluding hydrogens is 258 g/mol. The lowest BCUT2D eigenvalue weighted by molar-refractivity contribution is 0.317. The Morgan fingerprint density at radius 1 is 1.33 bits per heavy atom. The lowest BCUT2D eigenvalue weighted by Gasteiger charge is -2.32.